The van der Waals surface area contributed by atoms with Gasteiger partial charge in [-0.15, -0.1) is 0 Å². The molecular formula is C12H13ClN2O4. The van der Waals surface area contributed by atoms with Crippen LogP contribution in [0.4, 0.5) is 5.69 Å². The molecule has 1 unspecified atom stereocenters. The maximum absolute atomic E-state index is 11.1. The van der Waals surface area contributed by atoms with Crippen molar-refractivity contribution < 1.29 is 14.8 Å². The van der Waals surface area contributed by atoms with Gasteiger partial charge in [-0.05, 0) is 24.8 Å². The molecule has 1 atom stereocenters. The standard InChI is InChI=1S/C12H13ClN2O4/c13-9-2-1-3-10(15(18)19)8(9)6-14-11(12(16)17)7-4-5-7/h1-3,7,11,14H,4-6H2,(H,16,17). The summed E-state index contributed by atoms with van der Waals surface area (Å²) in [4.78, 5) is 21.5. The Hall–Kier alpha value is -1.66. The van der Waals surface area contributed by atoms with E-state index < -0.39 is 16.9 Å². The second kappa shape index (κ2) is 5.54. The number of hydrogen-bond acceptors (Lipinski definition) is 4. The van der Waals surface area contributed by atoms with Crippen LogP contribution >= 0.6 is 11.6 Å². The molecule has 0 aromatic heterocycles. The molecule has 7 heteroatoms. The fourth-order valence-corrected chi connectivity index (χ4v) is 2.23. The summed E-state index contributed by atoms with van der Waals surface area (Å²) in [5.41, 5.74) is 0.223. The van der Waals surface area contributed by atoms with Gasteiger partial charge in [-0.25, -0.2) is 0 Å². The number of carboxylic acid groups (broad SMARTS) is 1. The summed E-state index contributed by atoms with van der Waals surface area (Å²) in [7, 11) is 0. The van der Waals surface area contributed by atoms with Crippen LogP contribution in [0.1, 0.15) is 18.4 Å². The van der Waals surface area contributed by atoms with Gasteiger partial charge in [0.15, 0.2) is 0 Å². The lowest BCUT2D eigenvalue weighted by Gasteiger charge is -2.14. The monoisotopic (exact) mass is 284 g/mol. The van der Waals surface area contributed by atoms with Gasteiger partial charge in [0.2, 0.25) is 0 Å². The molecule has 0 radical (unpaired) electrons. The van der Waals surface area contributed by atoms with Crippen molar-refractivity contribution in [3.8, 4) is 0 Å². The number of nitrogens with one attached hydrogen (secondary N) is 1. The molecule has 1 fully saturated rings. The molecule has 6 nitrogen and oxygen atoms in total. The Morgan fingerprint density at radius 1 is 1.58 bits per heavy atom. The van der Waals surface area contributed by atoms with Crippen molar-refractivity contribution in [3.05, 3.63) is 38.9 Å². The van der Waals surface area contributed by atoms with Crippen LogP contribution in [0, 0.1) is 16.0 Å². The third-order valence-electron chi connectivity index (χ3n) is 3.15. The molecule has 2 rings (SSSR count). The molecule has 1 aliphatic carbocycles. The molecule has 0 amide bonds. The van der Waals surface area contributed by atoms with E-state index in [1.165, 1.54) is 12.1 Å². The molecule has 1 saturated carbocycles. The molecule has 19 heavy (non-hydrogen) atoms. The van der Waals surface area contributed by atoms with Crippen molar-refractivity contribution in [1.82, 2.24) is 5.32 Å². The minimum Gasteiger partial charge on any atom is -0.480 e. The van der Waals surface area contributed by atoms with E-state index in [0.717, 1.165) is 12.8 Å². The second-order valence-corrected chi connectivity index (χ2v) is 4.94. The van der Waals surface area contributed by atoms with E-state index in [-0.39, 0.29) is 23.2 Å². The fourth-order valence-electron chi connectivity index (χ4n) is 1.99. The highest BCUT2D eigenvalue weighted by Gasteiger charge is 2.36. The molecule has 0 saturated heterocycles. The van der Waals surface area contributed by atoms with Crippen LogP contribution in [0.5, 0.6) is 0 Å². The van der Waals surface area contributed by atoms with Crippen LogP contribution in [0.2, 0.25) is 5.02 Å². The number of carboxylic acids is 1. The first-order valence-electron chi connectivity index (χ1n) is 5.88. The van der Waals surface area contributed by atoms with E-state index in [1.54, 1.807) is 6.07 Å². The highest BCUT2D eigenvalue weighted by Crippen LogP contribution is 2.33. The van der Waals surface area contributed by atoms with Crippen LogP contribution in [0.15, 0.2) is 18.2 Å². The number of carbonyl (C=O) groups is 1. The molecule has 1 aliphatic rings. The van der Waals surface area contributed by atoms with Gasteiger partial charge in [-0.2, -0.15) is 0 Å². The minimum atomic E-state index is -0.933. The first-order valence-corrected chi connectivity index (χ1v) is 6.26. The summed E-state index contributed by atoms with van der Waals surface area (Å²) < 4.78 is 0. The van der Waals surface area contributed by atoms with Gasteiger partial charge in [0.05, 0.1) is 15.5 Å². The normalized spacial score (nSPS) is 16.1. The number of aliphatic carboxylic acids is 1. The molecule has 0 aliphatic heterocycles. The van der Waals surface area contributed by atoms with Gasteiger partial charge < -0.3 is 5.11 Å². The maximum atomic E-state index is 11.1. The zero-order valence-corrected chi connectivity index (χ0v) is 10.8. The van der Waals surface area contributed by atoms with Crippen molar-refractivity contribution in [2.75, 3.05) is 0 Å². The molecule has 0 heterocycles. The maximum Gasteiger partial charge on any atom is 0.320 e. The van der Waals surface area contributed by atoms with Gasteiger partial charge in [0.25, 0.3) is 5.69 Å². The molecule has 1 aromatic rings. The second-order valence-electron chi connectivity index (χ2n) is 4.53. The van der Waals surface area contributed by atoms with Gasteiger partial charge in [-0.3, -0.25) is 20.2 Å². The number of rotatable bonds is 6. The highest BCUT2D eigenvalue weighted by molar-refractivity contribution is 6.31. The SMILES string of the molecule is O=C(O)C(NCc1c(Cl)cccc1[N+](=O)[O-])C1CC1. The zero-order chi connectivity index (χ0) is 14.0. The summed E-state index contributed by atoms with van der Waals surface area (Å²) in [6.45, 7) is 0.0729. The van der Waals surface area contributed by atoms with Crippen LogP contribution < -0.4 is 5.32 Å². The Morgan fingerprint density at radius 2 is 2.26 bits per heavy atom. The Balaban J connectivity index is 2.14. The summed E-state index contributed by atoms with van der Waals surface area (Å²) in [6, 6.07) is 3.74. The number of nitrogens with zero attached hydrogens (tertiary/aromatic N) is 1. The van der Waals surface area contributed by atoms with Crippen molar-refractivity contribution in [2.45, 2.75) is 25.4 Å². The first-order chi connectivity index (χ1) is 9.00. The van der Waals surface area contributed by atoms with Crippen LogP contribution in [-0.2, 0) is 11.3 Å². The lowest BCUT2D eigenvalue weighted by Crippen LogP contribution is -2.38. The average Bonchev–Trinajstić information content (AvgIpc) is 3.14. The van der Waals surface area contributed by atoms with E-state index in [2.05, 4.69) is 5.32 Å². The minimum absolute atomic E-state index is 0.0729. The summed E-state index contributed by atoms with van der Waals surface area (Å²) >= 11 is 5.94. The lowest BCUT2D eigenvalue weighted by molar-refractivity contribution is -0.385. The number of halogens is 1. The first kappa shape index (κ1) is 13.8. The van der Waals surface area contributed by atoms with Gasteiger partial charge in [-0.1, -0.05) is 17.7 Å². The number of nitro benzene ring substituents is 1. The van der Waals surface area contributed by atoms with Gasteiger partial charge in [0.1, 0.15) is 6.04 Å². The van der Waals surface area contributed by atoms with Crippen molar-refractivity contribution in [1.29, 1.82) is 0 Å². The van der Waals surface area contributed by atoms with Gasteiger partial charge >= 0.3 is 5.97 Å². The highest BCUT2D eigenvalue weighted by atomic mass is 35.5. The number of nitro groups is 1. The smallest absolute Gasteiger partial charge is 0.320 e. The molecule has 102 valence electrons. The van der Waals surface area contributed by atoms with Crippen molar-refractivity contribution in [3.63, 3.8) is 0 Å². The van der Waals surface area contributed by atoms with E-state index >= 15 is 0 Å². The van der Waals surface area contributed by atoms with Crippen molar-refractivity contribution >= 4 is 23.3 Å². The van der Waals surface area contributed by atoms with Crippen LogP contribution in [0.25, 0.3) is 0 Å². The molecule has 2 N–H and O–H groups in total. The van der Waals surface area contributed by atoms with Crippen molar-refractivity contribution in [2.24, 2.45) is 5.92 Å². The summed E-state index contributed by atoms with van der Waals surface area (Å²) in [5, 5.41) is 23.1. The third kappa shape index (κ3) is 3.21. The predicted molar refractivity (Wildman–Crippen MR) is 69.1 cm³/mol. The van der Waals surface area contributed by atoms with E-state index in [4.69, 9.17) is 16.7 Å². The number of hydrogen-bond donors (Lipinski definition) is 2. The Kier molecular flexibility index (Phi) is 4.01. The van der Waals surface area contributed by atoms with Crippen LogP contribution in [0.3, 0.4) is 0 Å². The molecule has 1 aromatic carbocycles. The Labute approximate surface area is 114 Å². The third-order valence-corrected chi connectivity index (χ3v) is 3.50. The Bertz CT molecular complexity index is 516. The molecule has 0 bridgehead atoms. The zero-order valence-electron chi connectivity index (χ0n) is 10.0. The largest absolute Gasteiger partial charge is 0.480 e. The number of benzene rings is 1. The van der Waals surface area contributed by atoms with E-state index in [1.807, 2.05) is 0 Å². The summed E-state index contributed by atoms with van der Waals surface area (Å²) in [6.07, 6.45) is 1.74. The van der Waals surface area contributed by atoms with Crippen LogP contribution in [-0.4, -0.2) is 22.0 Å². The average molecular weight is 285 g/mol. The predicted octanol–water partition coefficient (Wildman–Crippen LogP) is 2.20. The molecular weight excluding hydrogens is 272 g/mol. The van der Waals surface area contributed by atoms with E-state index in [9.17, 15) is 14.9 Å². The lowest BCUT2D eigenvalue weighted by atomic mass is 10.1. The topological polar surface area (TPSA) is 92.5 Å². The Morgan fingerprint density at radius 3 is 2.79 bits per heavy atom. The molecule has 0 spiro atoms. The van der Waals surface area contributed by atoms with Gasteiger partial charge in [0, 0.05) is 12.6 Å². The summed E-state index contributed by atoms with van der Waals surface area (Å²) in [5.74, 6) is -0.823. The fraction of sp³-hybridized carbons (Fsp3) is 0.417. The quantitative estimate of drug-likeness (QED) is 0.617. The van der Waals surface area contributed by atoms with E-state index in [0.29, 0.717) is 5.56 Å².